The van der Waals surface area contributed by atoms with Crippen LogP contribution in [-0.2, 0) is 11.2 Å². The highest BCUT2D eigenvalue weighted by Crippen LogP contribution is 2.06. The van der Waals surface area contributed by atoms with Crippen LogP contribution in [-0.4, -0.2) is 11.9 Å². The zero-order valence-electron chi connectivity index (χ0n) is 10.3. The van der Waals surface area contributed by atoms with E-state index in [1.807, 2.05) is 13.8 Å². The fourth-order valence-corrected chi connectivity index (χ4v) is 1.51. The highest BCUT2D eigenvalue weighted by atomic mass is 19.1. The van der Waals surface area contributed by atoms with E-state index < -0.39 is 0 Å². The highest BCUT2D eigenvalue weighted by Gasteiger charge is 2.09. The van der Waals surface area contributed by atoms with Crippen LogP contribution in [0.15, 0.2) is 36.4 Å². The minimum absolute atomic E-state index is 0.0104. The molecule has 0 bridgehead atoms. The minimum Gasteiger partial charge on any atom is -0.350 e. The van der Waals surface area contributed by atoms with E-state index in [0.717, 1.165) is 5.56 Å². The van der Waals surface area contributed by atoms with E-state index >= 15 is 0 Å². The predicted molar refractivity (Wildman–Crippen MR) is 67.1 cm³/mol. The van der Waals surface area contributed by atoms with Gasteiger partial charge in [0, 0.05) is 11.6 Å². The van der Waals surface area contributed by atoms with Gasteiger partial charge in [-0.2, -0.15) is 0 Å². The van der Waals surface area contributed by atoms with Gasteiger partial charge in [-0.15, -0.1) is 0 Å². The van der Waals surface area contributed by atoms with E-state index in [1.165, 1.54) is 12.1 Å². The van der Waals surface area contributed by atoms with Crippen molar-refractivity contribution in [1.29, 1.82) is 0 Å². The van der Waals surface area contributed by atoms with Gasteiger partial charge in [0.25, 0.3) is 0 Å². The van der Waals surface area contributed by atoms with E-state index in [9.17, 15) is 9.18 Å². The molecular weight excluding hydrogens is 217 g/mol. The lowest BCUT2D eigenvalue weighted by Crippen LogP contribution is -2.34. The average Bonchev–Trinajstić information content (AvgIpc) is 2.30. The van der Waals surface area contributed by atoms with E-state index in [4.69, 9.17) is 0 Å². The Bertz CT molecular complexity index is 397. The molecule has 0 saturated carbocycles. The van der Waals surface area contributed by atoms with Crippen molar-refractivity contribution in [3.63, 3.8) is 0 Å². The van der Waals surface area contributed by atoms with Crippen molar-refractivity contribution >= 4 is 5.91 Å². The van der Waals surface area contributed by atoms with Crippen molar-refractivity contribution < 1.29 is 9.18 Å². The number of hydrogen-bond acceptors (Lipinski definition) is 1. The summed E-state index contributed by atoms with van der Waals surface area (Å²) in [7, 11) is 0. The molecule has 0 aliphatic rings. The Balaban J connectivity index is 2.49. The summed E-state index contributed by atoms with van der Waals surface area (Å²) in [5.41, 5.74) is 1.58. The molecule has 3 heteroatoms. The molecular formula is C14H18FNO. The lowest BCUT2D eigenvalue weighted by molar-refractivity contribution is -0.118. The molecule has 0 spiro atoms. The maximum absolute atomic E-state index is 12.7. The summed E-state index contributed by atoms with van der Waals surface area (Å²) in [6.45, 7) is 7.50. The first-order valence-electron chi connectivity index (χ1n) is 5.76. The van der Waals surface area contributed by atoms with Crippen LogP contribution in [0.2, 0.25) is 0 Å². The van der Waals surface area contributed by atoms with E-state index in [2.05, 4.69) is 11.9 Å². The number of carbonyl (C=O) groups is 1. The standard InChI is InChI=1S/C14H18FNO/c1-4-10(2)14(17)16-11(3)9-12-5-7-13(15)8-6-12/h5-8,11H,2,4,9H2,1,3H3,(H,16,17). The van der Waals surface area contributed by atoms with Gasteiger partial charge >= 0.3 is 0 Å². The Morgan fingerprint density at radius 2 is 2.00 bits per heavy atom. The Hall–Kier alpha value is -1.64. The second-order valence-electron chi connectivity index (χ2n) is 4.16. The maximum Gasteiger partial charge on any atom is 0.246 e. The molecule has 1 aromatic carbocycles. The lowest BCUT2D eigenvalue weighted by Gasteiger charge is -2.14. The van der Waals surface area contributed by atoms with Crippen molar-refractivity contribution in [2.75, 3.05) is 0 Å². The molecule has 0 heterocycles. The molecule has 1 atom stereocenters. The number of amides is 1. The van der Waals surface area contributed by atoms with Gasteiger partial charge in [-0.1, -0.05) is 25.6 Å². The molecule has 0 saturated heterocycles. The Morgan fingerprint density at radius 1 is 1.41 bits per heavy atom. The number of nitrogens with one attached hydrogen (secondary N) is 1. The molecule has 2 nitrogen and oxygen atoms in total. The Kier molecular flexibility index (Phi) is 4.88. The highest BCUT2D eigenvalue weighted by molar-refractivity contribution is 5.92. The second kappa shape index (κ2) is 6.18. The predicted octanol–water partition coefficient (Wildman–Crippen LogP) is 2.84. The van der Waals surface area contributed by atoms with Crippen molar-refractivity contribution in [2.24, 2.45) is 0 Å². The minimum atomic E-state index is -0.246. The molecule has 0 radical (unpaired) electrons. The van der Waals surface area contributed by atoms with Gasteiger partial charge in [0.1, 0.15) is 5.82 Å². The summed E-state index contributed by atoms with van der Waals surface area (Å²) < 4.78 is 12.7. The van der Waals surface area contributed by atoms with Gasteiger partial charge < -0.3 is 5.32 Å². The second-order valence-corrected chi connectivity index (χ2v) is 4.16. The molecule has 1 aromatic rings. The first-order chi connectivity index (χ1) is 8.02. The van der Waals surface area contributed by atoms with E-state index in [-0.39, 0.29) is 17.8 Å². The van der Waals surface area contributed by atoms with Crippen molar-refractivity contribution in [1.82, 2.24) is 5.32 Å². The number of rotatable bonds is 5. The molecule has 1 rings (SSSR count). The summed E-state index contributed by atoms with van der Waals surface area (Å²) in [6.07, 6.45) is 1.33. The lowest BCUT2D eigenvalue weighted by atomic mass is 10.1. The van der Waals surface area contributed by atoms with Crippen LogP contribution in [0.5, 0.6) is 0 Å². The summed E-state index contributed by atoms with van der Waals surface area (Å²) in [5, 5.41) is 2.86. The van der Waals surface area contributed by atoms with E-state index in [0.29, 0.717) is 18.4 Å². The molecule has 1 amide bonds. The zero-order valence-corrected chi connectivity index (χ0v) is 10.3. The zero-order chi connectivity index (χ0) is 12.8. The van der Waals surface area contributed by atoms with Crippen LogP contribution in [0.25, 0.3) is 0 Å². The van der Waals surface area contributed by atoms with Crippen LogP contribution in [0.3, 0.4) is 0 Å². The van der Waals surface area contributed by atoms with Gasteiger partial charge in [0.05, 0.1) is 0 Å². The summed E-state index contributed by atoms with van der Waals surface area (Å²) in [5.74, 6) is -0.355. The van der Waals surface area contributed by atoms with Crippen molar-refractivity contribution in [2.45, 2.75) is 32.7 Å². The quantitative estimate of drug-likeness (QED) is 0.781. The number of hydrogen-bond donors (Lipinski definition) is 1. The van der Waals surface area contributed by atoms with Gasteiger partial charge in [-0.05, 0) is 37.5 Å². The SMILES string of the molecule is C=C(CC)C(=O)NC(C)Cc1ccc(F)cc1. The Labute approximate surface area is 102 Å². The number of halogens is 1. The van der Waals surface area contributed by atoms with Gasteiger partial charge in [-0.25, -0.2) is 4.39 Å². The van der Waals surface area contributed by atoms with Gasteiger partial charge in [0.15, 0.2) is 0 Å². The van der Waals surface area contributed by atoms with Crippen LogP contribution < -0.4 is 5.32 Å². The third-order valence-electron chi connectivity index (χ3n) is 2.58. The topological polar surface area (TPSA) is 29.1 Å². The fourth-order valence-electron chi connectivity index (χ4n) is 1.51. The summed E-state index contributed by atoms with van der Waals surface area (Å²) >= 11 is 0. The van der Waals surface area contributed by atoms with Crippen LogP contribution >= 0.6 is 0 Å². The van der Waals surface area contributed by atoms with Gasteiger partial charge in [-0.3, -0.25) is 4.79 Å². The molecule has 0 aromatic heterocycles. The van der Waals surface area contributed by atoms with Crippen molar-refractivity contribution in [3.8, 4) is 0 Å². The molecule has 1 unspecified atom stereocenters. The maximum atomic E-state index is 12.7. The first kappa shape index (κ1) is 13.4. The van der Waals surface area contributed by atoms with Gasteiger partial charge in [0.2, 0.25) is 5.91 Å². The molecule has 0 aliphatic heterocycles. The first-order valence-corrected chi connectivity index (χ1v) is 5.76. The molecule has 1 N–H and O–H groups in total. The monoisotopic (exact) mass is 235 g/mol. The third kappa shape index (κ3) is 4.39. The van der Waals surface area contributed by atoms with E-state index in [1.54, 1.807) is 12.1 Å². The molecule has 92 valence electrons. The normalized spacial score (nSPS) is 11.9. The van der Waals surface area contributed by atoms with Crippen LogP contribution in [0, 0.1) is 5.82 Å². The number of carbonyl (C=O) groups excluding carboxylic acids is 1. The average molecular weight is 235 g/mol. The largest absolute Gasteiger partial charge is 0.350 e. The third-order valence-corrected chi connectivity index (χ3v) is 2.58. The summed E-state index contributed by atoms with van der Waals surface area (Å²) in [4.78, 5) is 11.6. The fraction of sp³-hybridized carbons (Fsp3) is 0.357. The molecule has 17 heavy (non-hydrogen) atoms. The summed E-state index contributed by atoms with van der Waals surface area (Å²) in [6, 6.07) is 6.32. The smallest absolute Gasteiger partial charge is 0.246 e. The molecule has 0 aliphatic carbocycles. The van der Waals surface area contributed by atoms with Crippen LogP contribution in [0.4, 0.5) is 4.39 Å². The Morgan fingerprint density at radius 3 is 2.53 bits per heavy atom. The molecule has 0 fully saturated rings. The van der Waals surface area contributed by atoms with Crippen LogP contribution in [0.1, 0.15) is 25.8 Å². The number of benzene rings is 1. The van der Waals surface area contributed by atoms with Crippen molar-refractivity contribution in [3.05, 3.63) is 47.8 Å².